The van der Waals surface area contributed by atoms with Crippen LogP contribution in [0.5, 0.6) is 0 Å². The molecule has 0 aliphatic rings. The number of hydrogen-bond donors (Lipinski definition) is 0. The van der Waals surface area contributed by atoms with E-state index in [1.54, 1.807) is 0 Å². The van der Waals surface area contributed by atoms with Crippen molar-refractivity contribution in [3.63, 3.8) is 0 Å². The van der Waals surface area contributed by atoms with Gasteiger partial charge in [0.15, 0.2) is 0 Å². The van der Waals surface area contributed by atoms with E-state index >= 15 is 0 Å². The fraction of sp³-hybridized carbons (Fsp3) is 0. The fourth-order valence-corrected chi connectivity index (χ4v) is 0. The summed E-state index contributed by atoms with van der Waals surface area (Å²) in [4.78, 5) is 0. The predicted octanol–water partition coefficient (Wildman–Crippen LogP) is -3.85. The molecule has 0 rings (SSSR count). The molecule has 10 heavy (non-hydrogen) atoms. The van der Waals surface area contributed by atoms with Gasteiger partial charge in [-0.3, -0.25) is 0 Å². The third-order valence-corrected chi connectivity index (χ3v) is 0. The molecule has 0 saturated heterocycles. The molecule has 0 aliphatic heterocycles. The van der Waals surface area contributed by atoms with Gasteiger partial charge in [-0.15, -0.1) is 0 Å². The molecule has 0 nitrogen and oxygen atoms in total. The molecule has 0 radical (unpaired) electrons. The summed E-state index contributed by atoms with van der Waals surface area (Å²) in [5, 5.41) is 0. The second kappa shape index (κ2) is 14.5. The Hall–Kier alpha value is 2.96. The van der Waals surface area contributed by atoms with Crippen molar-refractivity contribution in [1.82, 2.24) is 0 Å². The molecule has 0 amide bonds. The first-order chi connectivity index (χ1) is 3.41. The van der Waals surface area contributed by atoms with Crippen molar-refractivity contribution < 1.29 is 67.6 Å². The van der Waals surface area contributed by atoms with Crippen LogP contribution < -0.4 is 34.3 Å². The molecule has 10 heteroatoms. The molecular weight excluding hydrogens is 385 g/mol. The standard InChI is InChI=1S/Ba.7FH.Na.Zr/h;7*1H;;/q+2;;;;;;;;+1;+4/p-7. The van der Waals surface area contributed by atoms with Crippen molar-refractivity contribution in [3.05, 3.63) is 0 Å². The van der Waals surface area contributed by atoms with E-state index in [1.165, 1.54) is 0 Å². The van der Waals surface area contributed by atoms with Crippen molar-refractivity contribution in [3.8, 4) is 0 Å². The van der Waals surface area contributed by atoms with E-state index in [4.69, 9.17) is 0 Å². The zero-order chi connectivity index (χ0) is 7.21. The maximum absolute atomic E-state index is 9.90. The fourth-order valence-electron chi connectivity index (χ4n) is 0. The van der Waals surface area contributed by atoms with Crippen LogP contribution in [0.25, 0.3) is 0 Å². The van der Waals surface area contributed by atoms with Gasteiger partial charge in [0.2, 0.25) is 0 Å². The van der Waals surface area contributed by atoms with Crippen LogP contribution >= 0.6 is 0 Å². The zero-order valence-corrected chi connectivity index (χ0v) is 13.8. The van der Waals surface area contributed by atoms with Crippen LogP contribution in [0.3, 0.4) is 0 Å². The smallest absolute Gasteiger partial charge is 1.00 e. The van der Waals surface area contributed by atoms with Gasteiger partial charge in [0.05, 0.1) is 0 Å². The Morgan fingerprint density at radius 3 is 0.900 bits per heavy atom. The van der Waals surface area contributed by atoms with E-state index in [1.807, 2.05) is 0 Å². The summed E-state index contributed by atoms with van der Waals surface area (Å²) in [6, 6.07) is 0. The summed E-state index contributed by atoms with van der Waals surface area (Å²) in [5.74, 6) is 0. The Labute approximate surface area is 111 Å². The molecule has 0 bridgehead atoms. The molecule has 0 heterocycles. The SMILES string of the molecule is [F-].[F][Ba][F].[F][Zr]([F])([F])[F].[Na+]. The molecule has 0 fully saturated rings. The summed E-state index contributed by atoms with van der Waals surface area (Å²) in [7, 11) is 0. The van der Waals surface area contributed by atoms with E-state index in [2.05, 4.69) is 0 Å². The summed E-state index contributed by atoms with van der Waals surface area (Å²) in [6.07, 6.45) is 0. The molecular formula is BaF7NaZr. The second-order valence-corrected chi connectivity index (χ2v) is 3.27. The number of halogens is 7. The predicted molar refractivity (Wildman–Crippen MR) is 12.4 cm³/mol. The van der Waals surface area contributed by atoms with E-state index in [9.17, 15) is 10.7 Å². The molecule has 0 spiro atoms. The van der Waals surface area contributed by atoms with E-state index < -0.39 is 68.7 Å². The maximum Gasteiger partial charge on any atom is 1.00 e. The Kier molecular flexibility index (Phi) is 33.5. The van der Waals surface area contributed by atoms with Gasteiger partial charge in [0, 0.05) is 0 Å². The van der Waals surface area contributed by atoms with Crippen LogP contribution in [0.2, 0.25) is 0 Å². The van der Waals surface area contributed by atoms with Crippen molar-refractivity contribution >= 4 is 46.0 Å². The van der Waals surface area contributed by atoms with Gasteiger partial charge < -0.3 is 4.70 Å². The summed E-state index contributed by atoms with van der Waals surface area (Å²) >= 11 is -10.3. The number of rotatable bonds is 0. The normalized spacial score (nSPS) is 7.00. The van der Waals surface area contributed by atoms with Crippen molar-refractivity contribution in [2.24, 2.45) is 0 Å². The van der Waals surface area contributed by atoms with E-state index in [0.29, 0.717) is 0 Å². The zero-order valence-electron chi connectivity index (χ0n) is 4.85. The minimum absolute atomic E-state index is 0. The molecule has 0 aromatic carbocycles. The third kappa shape index (κ3) is 124. The quantitative estimate of drug-likeness (QED) is 0.296. The van der Waals surface area contributed by atoms with Crippen molar-refractivity contribution in [2.75, 3.05) is 0 Å². The van der Waals surface area contributed by atoms with Gasteiger partial charge in [-0.05, 0) is 0 Å². The first kappa shape index (κ1) is 23.1. The van der Waals surface area contributed by atoms with Crippen LogP contribution in [0.15, 0.2) is 0 Å². The Morgan fingerprint density at radius 2 is 0.900 bits per heavy atom. The van der Waals surface area contributed by atoms with Crippen LogP contribution in [-0.2, 0) is 22.7 Å². The van der Waals surface area contributed by atoms with Crippen LogP contribution in [-0.4, -0.2) is 46.0 Å². The monoisotopic (exact) mass is 384 g/mol. The average Bonchev–Trinajstić information content (AvgIpc) is 1.27. The molecule has 56 valence electrons. The van der Waals surface area contributed by atoms with E-state index in [0.717, 1.165) is 0 Å². The van der Waals surface area contributed by atoms with Crippen LogP contribution in [0.1, 0.15) is 0 Å². The van der Waals surface area contributed by atoms with Crippen LogP contribution in [0.4, 0.5) is 10.7 Å². The van der Waals surface area contributed by atoms with Crippen molar-refractivity contribution in [1.29, 1.82) is 0 Å². The largest absolute Gasteiger partial charge is 1.00 e. The van der Waals surface area contributed by atoms with Crippen LogP contribution in [0, 0.1) is 0 Å². The van der Waals surface area contributed by atoms with E-state index in [-0.39, 0.29) is 34.3 Å². The van der Waals surface area contributed by atoms with Gasteiger partial charge in [0.25, 0.3) is 0 Å². The molecule has 0 saturated carbocycles. The first-order valence-electron chi connectivity index (χ1n) is 1.29. The van der Waals surface area contributed by atoms with Gasteiger partial charge in [-0.2, -0.15) is 0 Å². The molecule has 0 aromatic rings. The van der Waals surface area contributed by atoms with Crippen molar-refractivity contribution in [2.45, 2.75) is 0 Å². The summed E-state index contributed by atoms with van der Waals surface area (Å²) in [5.41, 5.74) is 0. The maximum atomic E-state index is 9.90. The first-order valence-corrected chi connectivity index (χ1v) is 8.36. The molecule has 0 unspecified atom stereocenters. The summed E-state index contributed by atoms with van der Waals surface area (Å²) in [6.45, 7) is 0. The minimum atomic E-state index is -7.18. The molecule has 0 aliphatic carbocycles. The average molecular weight is 385 g/mol. The Balaban J connectivity index is -0.0000000326. The van der Waals surface area contributed by atoms with Gasteiger partial charge >= 0.3 is 109 Å². The topological polar surface area (TPSA) is 0 Å². The second-order valence-electron chi connectivity index (χ2n) is 0.530. The molecule has 0 N–H and O–H groups in total. The summed E-state index contributed by atoms with van der Waals surface area (Å²) < 4.78 is 59.3. The van der Waals surface area contributed by atoms with Gasteiger partial charge in [-0.25, -0.2) is 0 Å². The Bertz CT molecular complexity index is 37.4. The molecule has 0 aromatic heterocycles. The number of hydrogen-bond acceptors (Lipinski definition) is 0. The van der Waals surface area contributed by atoms with Gasteiger partial charge in [-0.1, -0.05) is 0 Å². The Morgan fingerprint density at radius 1 is 0.900 bits per heavy atom. The minimum Gasteiger partial charge on any atom is 1.00 e. The van der Waals surface area contributed by atoms with Gasteiger partial charge in [0.1, 0.15) is 0 Å². The molecule has 0 atom stereocenters. The third-order valence-electron chi connectivity index (χ3n) is 0.